The fraction of sp³-hybridized carbons (Fsp3) is 0.333. The monoisotopic (exact) mass is 363 g/mol. The molecule has 2 N–H and O–H groups in total. The summed E-state index contributed by atoms with van der Waals surface area (Å²) in [6.07, 6.45) is 1.05. The van der Waals surface area contributed by atoms with Crippen molar-refractivity contribution in [1.82, 2.24) is 20.2 Å². The minimum Gasteiger partial charge on any atom is -0.488 e. The molecular weight excluding hydrogens is 338 g/mol. The van der Waals surface area contributed by atoms with E-state index in [2.05, 4.69) is 45.3 Å². The topological polar surface area (TPSA) is 63.5 Å². The Labute approximate surface area is 159 Å². The van der Waals surface area contributed by atoms with E-state index in [1.165, 1.54) is 5.56 Å². The summed E-state index contributed by atoms with van der Waals surface area (Å²) in [5.74, 6) is 2.72. The first-order chi connectivity index (χ1) is 13.2. The first kappa shape index (κ1) is 17.4. The quantitative estimate of drug-likeness (QED) is 0.540. The maximum Gasteiger partial charge on any atom is 0.191 e. The van der Waals surface area contributed by atoms with E-state index in [1.807, 2.05) is 37.4 Å². The Morgan fingerprint density at radius 2 is 2.00 bits per heavy atom. The first-order valence-corrected chi connectivity index (χ1v) is 9.41. The molecule has 0 aliphatic carbocycles. The largest absolute Gasteiger partial charge is 0.488 e. The van der Waals surface area contributed by atoms with Crippen molar-refractivity contribution in [3.8, 4) is 5.75 Å². The van der Waals surface area contributed by atoms with Crippen LogP contribution >= 0.6 is 0 Å². The number of benzene rings is 2. The SMILES string of the molecule is CCNC(=NCc1nc2ccccc2n1C)NCC1Cc2ccccc2O1. The fourth-order valence-corrected chi connectivity index (χ4v) is 3.41. The molecule has 0 spiro atoms. The zero-order valence-corrected chi connectivity index (χ0v) is 15.8. The highest BCUT2D eigenvalue weighted by molar-refractivity contribution is 5.80. The van der Waals surface area contributed by atoms with E-state index in [1.54, 1.807) is 0 Å². The number of hydrogen-bond acceptors (Lipinski definition) is 3. The van der Waals surface area contributed by atoms with Gasteiger partial charge in [0.25, 0.3) is 0 Å². The molecule has 1 aliphatic rings. The predicted molar refractivity (Wildman–Crippen MR) is 108 cm³/mol. The van der Waals surface area contributed by atoms with E-state index in [9.17, 15) is 0 Å². The lowest BCUT2D eigenvalue weighted by atomic mass is 10.1. The van der Waals surface area contributed by atoms with Gasteiger partial charge in [-0.2, -0.15) is 0 Å². The molecule has 0 amide bonds. The maximum atomic E-state index is 6.00. The van der Waals surface area contributed by atoms with Gasteiger partial charge in [0, 0.05) is 20.0 Å². The van der Waals surface area contributed by atoms with Crippen LogP contribution in [0.15, 0.2) is 53.5 Å². The Bertz CT molecular complexity index is 937. The molecule has 1 aliphatic heterocycles. The normalized spacial score (nSPS) is 16.2. The molecule has 6 heteroatoms. The van der Waals surface area contributed by atoms with Gasteiger partial charge in [-0.05, 0) is 30.7 Å². The molecule has 3 aromatic rings. The number of para-hydroxylation sites is 3. The van der Waals surface area contributed by atoms with Crippen molar-refractivity contribution in [1.29, 1.82) is 0 Å². The van der Waals surface area contributed by atoms with Crippen LogP contribution in [0.25, 0.3) is 11.0 Å². The number of aromatic nitrogens is 2. The molecule has 0 saturated carbocycles. The molecule has 0 saturated heterocycles. The highest BCUT2D eigenvalue weighted by atomic mass is 16.5. The van der Waals surface area contributed by atoms with E-state index < -0.39 is 0 Å². The summed E-state index contributed by atoms with van der Waals surface area (Å²) < 4.78 is 8.09. The van der Waals surface area contributed by atoms with E-state index >= 15 is 0 Å². The summed E-state index contributed by atoms with van der Waals surface area (Å²) in [4.78, 5) is 9.39. The minimum absolute atomic E-state index is 0.127. The van der Waals surface area contributed by atoms with Gasteiger partial charge in [-0.1, -0.05) is 30.3 Å². The van der Waals surface area contributed by atoms with E-state index in [-0.39, 0.29) is 6.10 Å². The number of nitrogens with zero attached hydrogens (tertiary/aromatic N) is 3. The number of ether oxygens (including phenoxy) is 1. The number of rotatable bonds is 5. The van der Waals surface area contributed by atoms with Crippen molar-refractivity contribution in [3.05, 3.63) is 59.9 Å². The Kier molecular flexibility index (Phi) is 4.96. The summed E-state index contributed by atoms with van der Waals surface area (Å²) >= 11 is 0. The molecule has 27 heavy (non-hydrogen) atoms. The Hall–Kier alpha value is -3.02. The van der Waals surface area contributed by atoms with Crippen molar-refractivity contribution in [3.63, 3.8) is 0 Å². The molecule has 1 aromatic heterocycles. The molecule has 2 heterocycles. The smallest absolute Gasteiger partial charge is 0.191 e. The standard InChI is InChI=1S/C21H25N5O/c1-3-22-21(23-13-16-12-15-8-4-7-11-19(15)27-16)24-14-20-25-17-9-5-6-10-18(17)26(20)2/h4-11,16H,3,12-14H2,1-2H3,(H2,22,23,24). The Morgan fingerprint density at radius 1 is 1.19 bits per heavy atom. The number of nitrogens with one attached hydrogen (secondary N) is 2. The summed E-state index contributed by atoms with van der Waals surface area (Å²) in [5, 5.41) is 6.70. The van der Waals surface area contributed by atoms with Gasteiger partial charge in [0.05, 0.1) is 17.6 Å². The average molecular weight is 363 g/mol. The number of aliphatic imine (C=N–C) groups is 1. The third kappa shape index (κ3) is 3.74. The molecule has 6 nitrogen and oxygen atoms in total. The number of hydrogen-bond donors (Lipinski definition) is 2. The molecule has 0 radical (unpaired) electrons. The lowest BCUT2D eigenvalue weighted by Gasteiger charge is -2.15. The van der Waals surface area contributed by atoms with E-state index in [0.29, 0.717) is 13.1 Å². The van der Waals surface area contributed by atoms with E-state index in [0.717, 1.165) is 41.5 Å². The van der Waals surface area contributed by atoms with Crippen LogP contribution in [-0.4, -0.2) is 34.7 Å². The van der Waals surface area contributed by atoms with Crippen LogP contribution < -0.4 is 15.4 Å². The van der Waals surface area contributed by atoms with Crippen molar-refractivity contribution in [2.24, 2.45) is 12.0 Å². The second-order valence-corrected chi connectivity index (χ2v) is 6.70. The van der Waals surface area contributed by atoms with Crippen LogP contribution in [0, 0.1) is 0 Å². The summed E-state index contributed by atoms with van der Waals surface area (Å²) in [5.41, 5.74) is 3.39. The zero-order valence-electron chi connectivity index (χ0n) is 15.8. The third-order valence-corrected chi connectivity index (χ3v) is 4.81. The predicted octanol–water partition coefficient (Wildman–Crippen LogP) is 2.63. The molecule has 2 aromatic carbocycles. The van der Waals surface area contributed by atoms with Crippen LogP contribution in [0.5, 0.6) is 5.75 Å². The second kappa shape index (κ2) is 7.70. The molecule has 140 valence electrons. The first-order valence-electron chi connectivity index (χ1n) is 9.41. The van der Waals surface area contributed by atoms with Gasteiger partial charge < -0.3 is 19.9 Å². The molecule has 0 fully saturated rings. The summed E-state index contributed by atoms with van der Waals surface area (Å²) in [6.45, 7) is 4.10. The number of guanidine groups is 1. The van der Waals surface area contributed by atoms with Crippen LogP contribution in [0.4, 0.5) is 0 Å². The maximum absolute atomic E-state index is 6.00. The second-order valence-electron chi connectivity index (χ2n) is 6.70. The lowest BCUT2D eigenvalue weighted by molar-refractivity contribution is 0.235. The third-order valence-electron chi connectivity index (χ3n) is 4.81. The number of fused-ring (bicyclic) bond motifs is 2. The highest BCUT2D eigenvalue weighted by Crippen LogP contribution is 2.27. The van der Waals surface area contributed by atoms with Gasteiger partial charge in [0.1, 0.15) is 24.2 Å². The van der Waals surface area contributed by atoms with E-state index in [4.69, 9.17) is 9.73 Å². The summed E-state index contributed by atoms with van der Waals surface area (Å²) in [7, 11) is 2.03. The van der Waals surface area contributed by atoms with Gasteiger partial charge in [-0.3, -0.25) is 0 Å². The minimum atomic E-state index is 0.127. The fourth-order valence-electron chi connectivity index (χ4n) is 3.41. The number of imidazole rings is 1. The van der Waals surface area contributed by atoms with Gasteiger partial charge in [0.2, 0.25) is 0 Å². The van der Waals surface area contributed by atoms with Crippen LogP contribution in [-0.2, 0) is 20.0 Å². The van der Waals surface area contributed by atoms with Crippen molar-refractivity contribution >= 4 is 17.0 Å². The van der Waals surface area contributed by atoms with Gasteiger partial charge in [0.15, 0.2) is 5.96 Å². The molecule has 0 bridgehead atoms. The van der Waals surface area contributed by atoms with Gasteiger partial charge in [-0.15, -0.1) is 0 Å². The van der Waals surface area contributed by atoms with Crippen LogP contribution in [0.2, 0.25) is 0 Å². The Balaban J connectivity index is 1.40. The number of aryl methyl sites for hydroxylation is 1. The Morgan fingerprint density at radius 3 is 2.81 bits per heavy atom. The van der Waals surface area contributed by atoms with Gasteiger partial charge in [-0.25, -0.2) is 9.98 Å². The van der Waals surface area contributed by atoms with Crippen molar-refractivity contribution in [2.45, 2.75) is 26.0 Å². The average Bonchev–Trinajstić information content (AvgIpc) is 3.25. The summed E-state index contributed by atoms with van der Waals surface area (Å²) in [6, 6.07) is 16.4. The molecule has 4 rings (SSSR count). The molecule has 1 unspecified atom stereocenters. The van der Waals surface area contributed by atoms with Crippen LogP contribution in [0.3, 0.4) is 0 Å². The molecular formula is C21H25N5O. The van der Waals surface area contributed by atoms with Gasteiger partial charge >= 0.3 is 0 Å². The molecule has 1 atom stereocenters. The highest BCUT2D eigenvalue weighted by Gasteiger charge is 2.22. The van der Waals surface area contributed by atoms with Crippen LogP contribution in [0.1, 0.15) is 18.3 Å². The van der Waals surface area contributed by atoms with Crippen molar-refractivity contribution < 1.29 is 4.74 Å². The van der Waals surface area contributed by atoms with Crippen molar-refractivity contribution in [2.75, 3.05) is 13.1 Å². The lowest BCUT2D eigenvalue weighted by Crippen LogP contribution is -2.42. The zero-order chi connectivity index (χ0) is 18.6.